The Morgan fingerprint density at radius 3 is 2.10 bits per heavy atom. The first-order chi connectivity index (χ1) is 4.59. The summed E-state index contributed by atoms with van der Waals surface area (Å²) in [5.41, 5.74) is 0. The number of hydrogen-bond donors (Lipinski definition) is 1. The van der Waals surface area contributed by atoms with Gasteiger partial charge >= 0.3 is 0 Å². The zero-order valence-corrected chi connectivity index (χ0v) is 7.27. The molecule has 0 aromatic carbocycles. The summed E-state index contributed by atoms with van der Waals surface area (Å²) in [6, 6.07) is 0. The lowest BCUT2D eigenvalue weighted by atomic mass is 9.92. The molecule has 0 aromatic rings. The number of rotatable bonds is 4. The van der Waals surface area contributed by atoms with Gasteiger partial charge in [0.15, 0.2) is 0 Å². The summed E-state index contributed by atoms with van der Waals surface area (Å²) in [5, 5.41) is 3.01. The van der Waals surface area contributed by atoms with E-state index in [1.807, 2.05) is 7.05 Å². The van der Waals surface area contributed by atoms with Crippen LogP contribution in [0, 0.1) is 11.8 Å². The van der Waals surface area contributed by atoms with Crippen LogP contribution >= 0.6 is 0 Å². The van der Waals surface area contributed by atoms with Gasteiger partial charge in [0.25, 0.3) is 0 Å². The summed E-state index contributed by atoms with van der Waals surface area (Å²) in [5.74, 6) is 0.916. The Labute approximate surface area is 63.0 Å². The molecule has 0 rings (SSSR count). The van der Waals surface area contributed by atoms with E-state index in [-0.39, 0.29) is 11.7 Å². The quantitative estimate of drug-likeness (QED) is 0.637. The zero-order chi connectivity index (χ0) is 8.15. The van der Waals surface area contributed by atoms with Crippen molar-refractivity contribution in [3.63, 3.8) is 0 Å². The number of nitrogens with one attached hydrogen (secondary N) is 1. The fourth-order valence-corrected chi connectivity index (χ4v) is 1.07. The largest absolute Gasteiger partial charge is 0.319 e. The van der Waals surface area contributed by atoms with Gasteiger partial charge in [-0.15, -0.1) is 0 Å². The summed E-state index contributed by atoms with van der Waals surface area (Å²) < 4.78 is 0. The molecular formula is C8H17NO. The molecule has 1 atom stereocenters. The lowest BCUT2D eigenvalue weighted by molar-refractivity contribution is -0.121. The number of carbonyl (C=O) groups excluding carboxylic acids is 1. The van der Waals surface area contributed by atoms with E-state index >= 15 is 0 Å². The van der Waals surface area contributed by atoms with Crippen LogP contribution in [0.3, 0.4) is 0 Å². The normalized spacial score (nSPS) is 13.7. The molecule has 0 saturated carbocycles. The van der Waals surface area contributed by atoms with E-state index in [0.29, 0.717) is 5.92 Å². The first kappa shape index (κ1) is 9.63. The van der Waals surface area contributed by atoms with Crippen molar-refractivity contribution in [2.75, 3.05) is 13.6 Å². The summed E-state index contributed by atoms with van der Waals surface area (Å²) in [7, 11) is 1.87. The smallest absolute Gasteiger partial charge is 0.134 e. The molecule has 10 heavy (non-hydrogen) atoms. The molecule has 60 valence electrons. The molecule has 0 aliphatic heterocycles. The van der Waals surface area contributed by atoms with E-state index in [9.17, 15) is 4.79 Å². The third kappa shape index (κ3) is 2.97. The molecule has 1 unspecified atom stereocenters. The molecule has 0 aliphatic carbocycles. The molecule has 0 saturated heterocycles. The van der Waals surface area contributed by atoms with Crippen LogP contribution in [0.5, 0.6) is 0 Å². The summed E-state index contributed by atoms with van der Waals surface area (Å²) >= 11 is 0. The molecule has 0 bridgehead atoms. The lowest BCUT2D eigenvalue weighted by Gasteiger charge is -2.16. The molecule has 0 spiro atoms. The van der Waals surface area contributed by atoms with Crippen LogP contribution in [-0.4, -0.2) is 19.4 Å². The second-order valence-electron chi connectivity index (χ2n) is 3.02. The van der Waals surface area contributed by atoms with Gasteiger partial charge in [-0.1, -0.05) is 13.8 Å². The SMILES string of the molecule is CNCC(C(C)=O)C(C)C. The van der Waals surface area contributed by atoms with Crippen LogP contribution in [0.2, 0.25) is 0 Å². The molecule has 1 N–H and O–H groups in total. The van der Waals surface area contributed by atoms with Crippen LogP contribution in [0.1, 0.15) is 20.8 Å². The minimum atomic E-state index is 0.185. The molecule has 0 heterocycles. The molecule has 0 aliphatic rings. The van der Waals surface area contributed by atoms with Crippen molar-refractivity contribution in [1.29, 1.82) is 0 Å². The van der Waals surface area contributed by atoms with Gasteiger partial charge in [-0.25, -0.2) is 0 Å². The van der Waals surface area contributed by atoms with Crippen LogP contribution < -0.4 is 5.32 Å². The van der Waals surface area contributed by atoms with Gasteiger partial charge in [-0.2, -0.15) is 0 Å². The van der Waals surface area contributed by atoms with Crippen LogP contribution in [0.4, 0.5) is 0 Å². The molecule has 2 heteroatoms. The monoisotopic (exact) mass is 143 g/mol. The predicted octanol–water partition coefficient (Wildman–Crippen LogP) is 1.07. The van der Waals surface area contributed by atoms with Gasteiger partial charge in [0.1, 0.15) is 5.78 Å². The minimum Gasteiger partial charge on any atom is -0.319 e. The topological polar surface area (TPSA) is 29.1 Å². The molecule has 0 amide bonds. The van der Waals surface area contributed by atoms with E-state index in [2.05, 4.69) is 19.2 Å². The second-order valence-corrected chi connectivity index (χ2v) is 3.02. The highest BCUT2D eigenvalue weighted by molar-refractivity contribution is 5.78. The molecule has 0 radical (unpaired) electrons. The average molecular weight is 143 g/mol. The summed E-state index contributed by atoms with van der Waals surface area (Å²) in [6.45, 7) is 6.60. The van der Waals surface area contributed by atoms with Crippen molar-refractivity contribution in [2.24, 2.45) is 11.8 Å². The van der Waals surface area contributed by atoms with Crippen LogP contribution in [0.15, 0.2) is 0 Å². The van der Waals surface area contributed by atoms with Crippen molar-refractivity contribution in [1.82, 2.24) is 5.32 Å². The second kappa shape index (κ2) is 4.45. The molecule has 0 aromatic heterocycles. The van der Waals surface area contributed by atoms with Crippen LogP contribution in [-0.2, 0) is 4.79 Å². The van der Waals surface area contributed by atoms with E-state index in [1.54, 1.807) is 6.92 Å². The minimum absolute atomic E-state index is 0.185. The van der Waals surface area contributed by atoms with Gasteiger partial charge < -0.3 is 5.32 Å². The Hall–Kier alpha value is -0.370. The van der Waals surface area contributed by atoms with Crippen molar-refractivity contribution in [2.45, 2.75) is 20.8 Å². The van der Waals surface area contributed by atoms with Crippen molar-refractivity contribution in [3.05, 3.63) is 0 Å². The van der Waals surface area contributed by atoms with E-state index in [4.69, 9.17) is 0 Å². The zero-order valence-electron chi connectivity index (χ0n) is 7.27. The first-order valence-electron chi connectivity index (χ1n) is 3.74. The van der Waals surface area contributed by atoms with E-state index < -0.39 is 0 Å². The summed E-state index contributed by atoms with van der Waals surface area (Å²) in [6.07, 6.45) is 0. The lowest BCUT2D eigenvalue weighted by Crippen LogP contribution is -2.28. The highest BCUT2D eigenvalue weighted by atomic mass is 16.1. The van der Waals surface area contributed by atoms with E-state index in [0.717, 1.165) is 6.54 Å². The summed E-state index contributed by atoms with van der Waals surface area (Å²) in [4.78, 5) is 10.9. The number of ketones is 1. The van der Waals surface area contributed by atoms with Gasteiger partial charge in [0.2, 0.25) is 0 Å². The van der Waals surface area contributed by atoms with Crippen LogP contribution in [0.25, 0.3) is 0 Å². The van der Waals surface area contributed by atoms with Crippen molar-refractivity contribution in [3.8, 4) is 0 Å². The third-order valence-electron chi connectivity index (χ3n) is 1.75. The fourth-order valence-electron chi connectivity index (χ4n) is 1.07. The van der Waals surface area contributed by atoms with Gasteiger partial charge in [-0.3, -0.25) is 4.79 Å². The van der Waals surface area contributed by atoms with Gasteiger partial charge in [0, 0.05) is 12.5 Å². The predicted molar refractivity (Wildman–Crippen MR) is 42.9 cm³/mol. The van der Waals surface area contributed by atoms with Crippen molar-refractivity contribution < 1.29 is 4.79 Å². The third-order valence-corrected chi connectivity index (χ3v) is 1.75. The Balaban J connectivity index is 3.85. The number of carbonyl (C=O) groups is 1. The highest BCUT2D eigenvalue weighted by Gasteiger charge is 2.16. The standard InChI is InChI=1S/C8H17NO/c1-6(2)8(5-9-4)7(3)10/h6,8-9H,5H2,1-4H3. The maximum absolute atomic E-state index is 10.9. The number of hydrogen-bond acceptors (Lipinski definition) is 2. The van der Waals surface area contributed by atoms with Crippen molar-refractivity contribution >= 4 is 5.78 Å². The Morgan fingerprint density at radius 2 is 2.00 bits per heavy atom. The molecular weight excluding hydrogens is 126 g/mol. The fraction of sp³-hybridized carbons (Fsp3) is 0.875. The first-order valence-corrected chi connectivity index (χ1v) is 3.74. The Kier molecular flexibility index (Phi) is 4.28. The maximum Gasteiger partial charge on any atom is 0.134 e. The average Bonchev–Trinajstić information content (AvgIpc) is 1.81. The van der Waals surface area contributed by atoms with E-state index in [1.165, 1.54) is 0 Å². The highest BCUT2D eigenvalue weighted by Crippen LogP contribution is 2.09. The Morgan fingerprint density at radius 1 is 1.50 bits per heavy atom. The Bertz CT molecular complexity index is 110. The number of Topliss-reactive ketones (excluding diaryl/α,β-unsaturated/α-hetero) is 1. The maximum atomic E-state index is 10.9. The molecule has 2 nitrogen and oxygen atoms in total. The van der Waals surface area contributed by atoms with Gasteiger partial charge in [-0.05, 0) is 19.9 Å². The molecule has 0 fully saturated rings. The van der Waals surface area contributed by atoms with Gasteiger partial charge in [0.05, 0.1) is 0 Å².